The number of carbonyl (C=O) groups excluding carboxylic acids is 1. The third kappa shape index (κ3) is 2.50. The van der Waals surface area contributed by atoms with E-state index in [-0.39, 0.29) is 18.0 Å². The van der Waals surface area contributed by atoms with Crippen LogP contribution in [0.5, 0.6) is 0 Å². The van der Waals surface area contributed by atoms with Gasteiger partial charge in [-0.15, -0.1) is 0 Å². The Kier molecular flexibility index (Phi) is 3.87. The highest BCUT2D eigenvalue weighted by Crippen LogP contribution is 2.25. The van der Waals surface area contributed by atoms with Gasteiger partial charge < -0.3 is 4.74 Å². The van der Waals surface area contributed by atoms with Crippen LogP contribution in [-0.4, -0.2) is 17.6 Å². The molecule has 0 bridgehead atoms. The average molecular weight is 233 g/mol. The van der Waals surface area contributed by atoms with Gasteiger partial charge in [-0.3, -0.25) is 0 Å². The van der Waals surface area contributed by atoms with E-state index >= 15 is 0 Å². The molecule has 0 saturated heterocycles. The first-order valence-electron chi connectivity index (χ1n) is 4.59. The molecule has 0 spiro atoms. The number of esters is 1. The molecule has 0 aliphatic carbocycles. The molecule has 1 aromatic heterocycles. The molecular formula is C10H10F3NO2. The number of halogens is 3. The topological polar surface area (TPSA) is 39.2 Å². The quantitative estimate of drug-likeness (QED) is 0.753. The van der Waals surface area contributed by atoms with Crippen molar-refractivity contribution < 1.29 is 22.7 Å². The molecule has 0 atom stereocenters. The number of nitrogens with zero attached hydrogens (tertiary/aromatic N) is 1. The van der Waals surface area contributed by atoms with Crippen molar-refractivity contribution in [3.63, 3.8) is 0 Å². The minimum absolute atomic E-state index is 0.109. The molecule has 1 heterocycles. The lowest BCUT2D eigenvalue weighted by Crippen LogP contribution is -2.10. The lowest BCUT2D eigenvalue weighted by atomic mass is 10.2. The lowest BCUT2D eigenvalue weighted by Gasteiger charge is -2.07. The van der Waals surface area contributed by atoms with Gasteiger partial charge in [0, 0.05) is 6.07 Å². The highest BCUT2D eigenvalue weighted by Gasteiger charge is 2.21. The van der Waals surface area contributed by atoms with Gasteiger partial charge in [0.15, 0.2) is 5.69 Å². The monoisotopic (exact) mass is 233 g/mol. The smallest absolute Gasteiger partial charge is 0.357 e. The number of aromatic nitrogens is 1. The summed E-state index contributed by atoms with van der Waals surface area (Å²) >= 11 is 0. The van der Waals surface area contributed by atoms with Gasteiger partial charge in [-0.2, -0.15) is 0 Å². The van der Waals surface area contributed by atoms with Crippen molar-refractivity contribution in [3.8, 4) is 0 Å². The maximum Gasteiger partial charge on any atom is 0.357 e. The maximum absolute atomic E-state index is 13.2. The van der Waals surface area contributed by atoms with Crippen LogP contribution < -0.4 is 0 Å². The third-order valence-corrected chi connectivity index (χ3v) is 1.90. The minimum atomic E-state index is -2.95. The van der Waals surface area contributed by atoms with Crippen LogP contribution in [0.1, 0.15) is 35.1 Å². The van der Waals surface area contributed by atoms with Gasteiger partial charge in [0.25, 0.3) is 6.43 Å². The fraction of sp³-hybridized carbons (Fsp3) is 0.400. The molecule has 1 rings (SSSR count). The molecule has 0 aliphatic rings. The van der Waals surface area contributed by atoms with Crippen LogP contribution in [-0.2, 0) is 4.74 Å². The summed E-state index contributed by atoms with van der Waals surface area (Å²) in [5, 5.41) is 0. The molecular weight excluding hydrogens is 223 g/mol. The Hall–Kier alpha value is -1.59. The minimum Gasteiger partial charge on any atom is -0.461 e. The summed E-state index contributed by atoms with van der Waals surface area (Å²) < 4.78 is 42.6. The molecule has 88 valence electrons. The summed E-state index contributed by atoms with van der Waals surface area (Å²) in [6.07, 6.45) is -2.95. The van der Waals surface area contributed by atoms with Gasteiger partial charge in [-0.05, 0) is 13.8 Å². The molecule has 3 nitrogen and oxygen atoms in total. The van der Waals surface area contributed by atoms with Crippen LogP contribution >= 0.6 is 0 Å². The first kappa shape index (κ1) is 12.5. The zero-order valence-electron chi connectivity index (χ0n) is 8.76. The normalized spacial score (nSPS) is 10.6. The second kappa shape index (κ2) is 4.96. The summed E-state index contributed by atoms with van der Waals surface area (Å²) in [7, 11) is 0. The number of carbonyl (C=O) groups is 1. The highest BCUT2D eigenvalue weighted by molar-refractivity contribution is 5.87. The van der Waals surface area contributed by atoms with Crippen molar-refractivity contribution in [2.45, 2.75) is 20.3 Å². The molecule has 0 unspecified atom stereocenters. The van der Waals surface area contributed by atoms with Crippen LogP contribution in [0.25, 0.3) is 0 Å². The number of pyridine rings is 1. The van der Waals surface area contributed by atoms with E-state index in [1.54, 1.807) is 6.92 Å². The molecule has 0 fully saturated rings. The van der Waals surface area contributed by atoms with Crippen molar-refractivity contribution in [1.82, 2.24) is 4.98 Å². The molecule has 16 heavy (non-hydrogen) atoms. The Bertz CT molecular complexity index is 384. The van der Waals surface area contributed by atoms with Gasteiger partial charge in [0.05, 0.1) is 17.9 Å². The summed E-state index contributed by atoms with van der Waals surface area (Å²) in [5.41, 5.74) is -1.30. The standard InChI is InChI=1S/C10H10F3NO2/c1-3-16-10(15)7-4-6(11)8(9(12)13)5(2)14-7/h4,9H,3H2,1-2H3. The average Bonchev–Trinajstić information content (AvgIpc) is 2.16. The Balaban J connectivity index is 3.14. The summed E-state index contributed by atoms with van der Waals surface area (Å²) in [6, 6.07) is 0.659. The van der Waals surface area contributed by atoms with Crippen LogP contribution in [0.2, 0.25) is 0 Å². The fourth-order valence-electron chi connectivity index (χ4n) is 1.22. The highest BCUT2D eigenvalue weighted by atomic mass is 19.3. The van der Waals surface area contributed by atoms with E-state index < -0.39 is 23.8 Å². The van der Waals surface area contributed by atoms with E-state index in [0.29, 0.717) is 6.07 Å². The summed E-state index contributed by atoms with van der Waals surface area (Å²) in [5.74, 6) is -1.98. The maximum atomic E-state index is 13.2. The van der Waals surface area contributed by atoms with Gasteiger partial charge in [-0.1, -0.05) is 0 Å². The number of rotatable bonds is 3. The SMILES string of the molecule is CCOC(=O)c1cc(F)c(C(F)F)c(C)n1. The molecule has 0 saturated carbocycles. The largest absolute Gasteiger partial charge is 0.461 e. The Morgan fingerprint density at radius 3 is 2.62 bits per heavy atom. The Morgan fingerprint density at radius 2 is 2.19 bits per heavy atom. The second-order valence-electron chi connectivity index (χ2n) is 3.01. The van der Waals surface area contributed by atoms with Crippen molar-refractivity contribution in [2.75, 3.05) is 6.61 Å². The van der Waals surface area contributed by atoms with Gasteiger partial charge >= 0.3 is 5.97 Å². The predicted molar refractivity (Wildman–Crippen MR) is 49.8 cm³/mol. The second-order valence-corrected chi connectivity index (χ2v) is 3.01. The molecule has 0 amide bonds. The van der Waals surface area contributed by atoms with E-state index in [4.69, 9.17) is 0 Å². The first-order valence-corrected chi connectivity index (χ1v) is 4.59. The molecule has 6 heteroatoms. The number of alkyl halides is 2. The predicted octanol–water partition coefficient (Wildman–Crippen LogP) is 2.64. The van der Waals surface area contributed by atoms with Gasteiger partial charge in [-0.25, -0.2) is 22.9 Å². The Labute approximate surface area is 90.2 Å². The molecule has 0 aromatic carbocycles. The van der Waals surface area contributed by atoms with E-state index in [9.17, 15) is 18.0 Å². The first-order chi connectivity index (χ1) is 7.47. The zero-order chi connectivity index (χ0) is 12.3. The number of hydrogen-bond donors (Lipinski definition) is 0. The van der Waals surface area contributed by atoms with E-state index in [1.807, 2.05) is 0 Å². The van der Waals surface area contributed by atoms with E-state index in [2.05, 4.69) is 9.72 Å². The lowest BCUT2D eigenvalue weighted by molar-refractivity contribution is 0.0517. The number of ether oxygens (including phenoxy) is 1. The van der Waals surface area contributed by atoms with E-state index in [0.717, 1.165) is 0 Å². The number of aryl methyl sites for hydroxylation is 1. The van der Waals surface area contributed by atoms with Crippen LogP contribution in [0.15, 0.2) is 6.07 Å². The van der Waals surface area contributed by atoms with Crippen molar-refractivity contribution in [3.05, 3.63) is 28.8 Å². The molecule has 0 aliphatic heterocycles. The summed E-state index contributed by atoms with van der Waals surface area (Å²) in [6.45, 7) is 2.90. The summed E-state index contributed by atoms with van der Waals surface area (Å²) in [4.78, 5) is 14.8. The van der Waals surface area contributed by atoms with Crippen LogP contribution in [0, 0.1) is 12.7 Å². The van der Waals surface area contributed by atoms with Gasteiger partial charge in [0.1, 0.15) is 5.82 Å². The number of hydrogen-bond acceptors (Lipinski definition) is 3. The fourth-order valence-corrected chi connectivity index (χ4v) is 1.22. The van der Waals surface area contributed by atoms with Gasteiger partial charge in [0.2, 0.25) is 0 Å². The van der Waals surface area contributed by atoms with Crippen LogP contribution in [0.3, 0.4) is 0 Å². The zero-order valence-corrected chi connectivity index (χ0v) is 8.76. The Morgan fingerprint density at radius 1 is 1.56 bits per heavy atom. The molecule has 0 N–H and O–H groups in total. The van der Waals surface area contributed by atoms with Crippen molar-refractivity contribution in [2.24, 2.45) is 0 Å². The van der Waals surface area contributed by atoms with Crippen molar-refractivity contribution in [1.29, 1.82) is 0 Å². The van der Waals surface area contributed by atoms with Crippen molar-refractivity contribution >= 4 is 5.97 Å². The van der Waals surface area contributed by atoms with Crippen LogP contribution in [0.4, 0.5) is 13.2 Å². The third-order valence-electron chi connectivity index (χ3n) is 1.90. The molecule has 0 radical (unpaired) electrons. The molecule has 1 aromatic rings. The van der Waals surface area contributed by atoms with E-state index in [1.165, 1.54) is 6.92 Å².